The Bertz CT molecular complexity index is 986. The highest BCUT2D eigenvalue weighted by molar-refractivity contribution is 5.94. The number of hydrogen-bond acceptors (Lipinski definition) is 7. The number of nitrogens with one attached hydrogen (secondary N) is 3. The lowest BCUT2D eigenvalue weighted by atomic mass is 9.98. The van der Waals surface area contributed by atoms with Crippen LogP contribution in [0.25, 0.3) is 0 Å². The predicted octanol–water partition coefficient (Wildman–Crippen LogP) is -0.129. The fraction of sp³-hybridized carbons (Fsp3) is 0.520. The smallest absolute Gasteiger partial charge is 0.326 e. The molecule has 5 unspecified atom stereocenters. The third kappa shape index (κ3) is 11.4. The molecule has 3 amide bonds. The van der Waals surface area contributed by atoms with Crippen molar-refractivity contribution in [2.75, 3.05) is 0 Å². The molecule has 0 saturated heterocycles. The first kappa shape index (κ1) is 32.0. The molecule has 1 rings (SSSR count). The van der Waals surface area contributed by atoms with Crippen LogP contribution in [0.2, 0.25) is 0 Å². The van der Waals surface area contributed by atoms with Gasteiger partial charge in [-0.15, -0.1) is 0 Å². The summed E-state index contributed by atoms with van der Waals surface area (Å²) in [4.78, 5) is 72.4. The van der Waals surface area contributed by atoms with Crippen LogP contribution in [0.4, 0.5) is 0 Å². The Balaban J connectivity index is 3.05. The summed E-state index contributed by atoms with van der Waals surface area (Å²) in [5.74, 6) is -6.83. The highest BCUT2D eigenvalue weighted by Crippen LogP contribution is 2.10. The summed E-state index contributed by atoms with van der Waals surface area (Å²) in [7, 11) is 0. The number of carboxylic acid groups (broad SMARTS) is 3. The Kier molecular flexibility index (Phi) is 13.5. The van der Waals surface area contributed by atoms with Crippen LogP contribution in [0, 0.1) is 5.92 Å². The van der Waals surface area contributed by atoms with Crippen molar-refractivity contribution in [1.29, 1.82) is 0 Å². The zero-order valence-electron chi connectivity index (χ0n) is 21.4. The third-order valence-corrected chi connectivity index (χ3v) is 5.97. The van der Waals surface area contributed by atoms with E-state index in [1.807, 2.05) is 0 Å². The summed E-state index contributed by atoms with van der Waals surface area (Å²) in [5.41, 5.74) is 6.73. The molecule has 0 radical (unpaired) electrons. The van der Waals surface area contributed by atoms with Gasteiger partial charge in [-0.3, -0.25) is 24.0 Å². The molecule has 0 aromatic heterocycles. The van der Waals surface area contributed by atoms with E-state index >= 15 is 0 Å². The van der Waals surface area contributed by atoms with Gasteiger partial charge in [0.25, 0.3) is 0 Å². The number of nitrogens with two attached hydrogens (primary N) is 1. The van der Waals surface area contributed by atoms with Gasteiger partial charge in [0.15, 0.2) is 0 Å². The van der Waals surface area contributed by atoms with Gasteiger partial charge in [0, 0.05) is 12.8 Å². The van der Waals surface area contributed by atoms with E-state index in [4.69, 9.17) is 15.9 Å². The first-order valence-corrected chi connectivity index (χ1v) is 12.2. The first-order chi connectivity index (χ1) is 17.8. The molecule has 1 aromatic carbocycles. The van der Waals surface area contributed by atoms with E-state index in [2.05, 4.69) is 16.0 Å². The lowest BCUT2D eigenvalue weighted by molar-refractivity contribution is -0.144. The normalized spacial score (nSPS) is 14.7. The summed E-state index contributed by atoms with van der Waals surface area (Å²) in [5, 5.41) is 34.7. The number of amides is 3. The van der Waals surface area contributed by atoms with Crippen molar-refractivity contribution in [3.05, 3.63) is 35.9 Å². The van der Waals surface area contributed by atoms with E-state index < -0.39 is 78.6 Å². The van der Waals surface area contributed by atoms with Gasteiger partial charge >= 0.3 is 17.9 Å². The summed E-state index contributed by atoms with van der Waals surface area (Å²) < 4.78 is 0. The van der Waals surface area contributed by atoms with E-state index in [9.17, 15) is 33.9 Å². The second-order valence-electron chi connectivity index (χ2n) is 8.99. The Labute approximate surface area is 220 Å². The molecule has 1 aromatic rings. The van der Waals surface area contributed by atoms with E-state index in [1.165, 1.54) is 0 Å². The number of carbonyl (C=O) groups is 6. The van der Waals surface area contributed by atoms with Crippen molar-refractivity contribution in [3.63, 3.8) is 0 Å². The van der Waals surface area contributed by atoms with E-state index in [0.717, 1.165) is 5.56 Å². The molecule has 0 spiro atoms. The zero-order valence-corrected chi connectivity index (χ0v) is 21.4. The highest BCUT2D eigenvalue weighted by Gasteiger charge is 2.32. The SMILES string of the molecule is CCC(C)C(NC(=O)C(CCC(=O)O)NC(=O)C(CCC(=O)O)NC(=O)C(N)Cc1ccccc1)C(=O)O. The Morgan fingerprint density at radius 1 is 0.789 bits per heavy atom. The van der Waals surface area contributed by atoms with Crippen LogP contribution in [0.5, 0.6) is 0 Å². The molecule has 38 heavy (non-hydrogen) atoms. The van der Waals surface area contributed by atoms with Crippen LogP contribution in [-0.2, 0) is 35.2 Å². The minimum absolute atomic E-state index is 0.149. The van der Waals surface area contributed by atoms with Crippen LogP contribution in [0.3, 0.4) is 0 Å². The number of benzene rings is 1. The van der Waals surface area contributed by atoms with Crippen molar-refractivity contribution >= 4 is 35.6 Å². The van der Waals surface area contributed by atoms with Crippen LogP contribution >= 0.6 is 0 Å². The monoisotopic (exact) mass is 536 g/mol. The quantitative estimate of drug-likeness (QED) is 0.140. The summed E-state index contributed by atoms with van der Waals surface area (Å²) >= 11 is 0. The summed E-state index contributed by atoms with van der Waals surface area (Å²) in [6, 6.07) is 3.65. The molecular formula is C25H36N4O9. The van der Waals surface area contributed by atoms with Crippen LogP contribution in [0.1, 0.15) is 51.5 Å². The maximum Gasteiger partial charge on any atom is 0.326 e. The second kappa shape index (κ2) is 16.0. The molecule has 0 fully saturated rings. The summed E-state index contributed by atoms with van der Waals surface area (Å²) in [6.07, 6.45) is -1.14. The van der Waals surface area contributed by atoms with Gasteiger partial charge in [0.1, 0.15) is 18.1 Å². The van der Waals surface area contributed by atoms with Crippen molar-refractivity contribution in [3.8, 4) is 0 Å². The Hall–Kier alpha value is -4.00. The zero-order chi connectivity index (χ0) is 28.8. The lowest BCUT2D eigenvalue weighted by Gasteiger charge is -2.26. The van der Waals surface area contributed by atoms with Gasteiger partial charge < -0.3 is 37.0 Å². The highest BCUT2D eigenvalue weighted by atomic mass is 16.4. The minimum Gasteiger partial charge on any atom is -0.481 e. The molecule has 13 nitrogen and oxygen atoms in total. The second-order valence-corrected chi connectivity index (χ2v) is 8.99. The number of hydrogen-bond donors (Lipinski definition) is 7. The van der Waals surface area contributed by atoms with E-state index in [1.54, 1.807) is 44.2 Å². The molecule has 210 valence electrons. The van der Waals surface area contributed by atoms with Gasteiger partial charge in [-0.2, -0.15) is 0 Å². The first-order valence-electron chi connectivity index (χ1n) is 12.2. The van der Waals surface area contributed by atoms with Gasteiger partial charge in [0.2, 0.25) is 17.7 Å². The third-order valence-electron chi connectivity index (χ3n) is 5.97. The average molecular weight is 537 g/mol. The lowest BCUT2D eigenvalue weighted by Crippen LogP contribution is -2.58. The summed E-state index contributed by atoms with van der Waals surface area (Å²) in [6.45, 7) is 3.34. The van der Waals surface area contributed by atoms with Crippen molar-refractivity contribution in [2.45, 2.75) is 76.5 Å². The molecule has 0 heterocycles. The van der Waals surface area contributed by atoms with E-state index in [0.29, 0.717) is 6.42 Å². The van der Waals surface area contributed by atoms with Crippen molar-refractivity contribution in [1.82, 2.24) is 16.0 Å². The van der Waals surface area contributed by atoms with Crippen LogP contribution in [-0.4, -0.2) is 75.1 Å². The largest absolute Gasteiger partial charge is 0.481 e. The predicted molar refractivity (Wildman–Crippen MR) is 135 cm³/mol. The number of carbonyl (C=O) groups excluding carboxylic acids is 3. The average Bonchev–Trinajstić information content (AvgIpc) is 2.86. The topological polar surface area (TPSA) is 225 Å². The number of carboxylic acids is 3. The van der Waals surface area contributed by atoms with Gasteiger partial charge in [-0.1, -0.05) is 50.6 Å². The molecule has 0 aliphatic carbocycles. The molecule has 8 N–H and O–H groups in total. The Morgan fingerprint density at radius 2 is 1.26 bits per heavy atom. The molecular weight excluding hydrogens is 500 g/mol. The molecule has 0 aliphatic rings. The fourth-order valence-electron chi connectivity index (χ4n) is 3.52. The number of aliphatic carboxylic acids is 3. The maximum absolute atomic E-state index is 13.0. The van der Waals surface area contributed by atoms with Crippen LogP contribution < -0.4 is 21.7 Å². The van der Waals surface area contributed by atoms with Gasteiger partial charge in [-0.05, 0) is 30.7 Å². The van der Waals surface area contributed by atoms with Crippen molar-refractivity contribution in [2.24, 2.45) is 11.7 Å². The Morgan fingerprint density at radius 3 is 1.71 bits per heavy atom. The van der Waals surface area contributed by atoms with Crippen LogP contribution in [0.15, 0.2) is 30.3 Å². The molecule has 0 aliphatic heterocycles. The van der Waals surface area contributed by atoms with Crippen molar-refractivity contribution < 1.29 is 44.1 Å². The van der Waals surface area contributed by atoms with E-state index in [-0.39, 0.29) is 19.3 Å². The maximum atomic E-state index is 13.0. The standard InChI is InChI=1S/C25H36N4O9/c1-3-14(2)21(25(37)38)29-24(36)18(10-12-20(32)33)28-23(35)17(9-11-19(30)31)27-22(34)16(26)13-15-7-5-4-6-8-15/h4-8,14,16-18,21H,3,9-13,26H2,1-2H3,(H,27,34)(H,28,35)(H,29,36)(H,30,31)(H,32,33)(H,37,38). The molecule has 5 atom stereocenters. The molecule has 0 bridgehead atoms. The van der Waals surface area contributed by atoms with Gasteiger partial charge in [0.05, 0.1) is 6.04 Å². The molecule has 13 heteroatoms. The van der Waals surface area contributed by atoms with Gasteiger partial charge in [-0.25, -0.2) is 4.79 Å². The molecule has 0 saturated carbocycles. The number of rotatable bonds is 17. The fourth-order valence-corrected chi connectivity index (χ4v) is 3.52. The minimum atomic E-state index is -1.45.